The van der Waals surface area contributed by atoms with Gasteiger partial charge in [-0.15, -0.1) is 5.10 Å². The van der Waals surface area contributed by atoms with Gasteiger partial charge >= 0.3 is 11.9 Å². The van der Waals surface area contributed by atoms with E-state index in [0.29, 0.717) is 5.69 Å². The van der Waals surface area contributed by atoms with Crippen molar-refractivity contribution in [2.75, 3.05) is 6.61 Å². The van der Waals surface area contributed by atoms with Gasteiger partial charge in [0.25, 0.3) is 0 Å². The highest BCUT2D eigenvalue weighted by molar-refractivity contribution is 5.73. The lowest BCUT2D eigenvalue weighted by Crippen LogP contribution is -2.49. The van der Waals surface area contributed by atoms with E-state index < -0.39 is 36.3 Å². The number of hydrogen-bond acceptors (Lipinski definition) is 9. The molecule has 2 unspecified atom stereocenters. The largest absolute Gasteiger partial charge is 0.464 e. The Morgan fingerprint density at radius 2 is 1.71 bits per heavy atom. The fraction of sp³-hybridized carbons (Fsp3) is 0.684. The number of amides is 2. The Labute approximate surface area is 181 Å². The number of rotatable bonds is 12. The van der Waals surface area contributed by atoms with Crippen molar-refractivity contribution in [1.82, 2.24) is 25.6 Å². The molecule has 12 nitrogen and oxygen atoms in total. The summed E-state index contributed by atoms with van der Waals surface area (Å²) in [5, 5.41) is 13.3. The molecule has 4 atom stereocenters. The van der Waals surface area contributed by atoms with Gasteiger partial charge in [-0.3, -0.25) is 19.2 Å². The lowest BCUT2D eigenvalue weighted by molar-refractivity contribution is -0.160. The highest BCUT2D eigenvalue weighted by Gasteiger charge is 2.29. The van der Waals surface area contributed by atoms with Crippen molar-refractivity contribution in [1.29, 1.82) is 0 Å². The van der Waals surface area contributed by atoms with E-state index in [4.69, 9.17) is 14.2 Å². The van der Waals surface area contributed by atoms with Crippen molar-refractivity contribution in [2.24, 2.45) is 0 Å². The minimum Gasteiger partial charge on any atom is -0.464 e. The van der Waals surface area contributed by atoms with E-state index in [-0.39, 0.29) is 31.5 Å². The molecule has 12 heteroatoms. The van der Waals surface area contributed by atoms with Crippen LogP contribution >= 0.6 is 0 Å². The molecule has 1 heterocycles. The van der Waals surface area contributed by atoms with Crippen LogP contribution in [0.15, 0.2) is 6.20 Å². The van der Waals surface area contributed by atoms with Crippen molar-refractivity contribution >= 4 is 23.8 Å². The van der Waals surface area contributed by atoms with E-state index >= 15 is 0 Å². The summed E-state index contributed by atoms with van der Waals surface area (Å²) in [6.07, 6.45) is -0.243. The summed E-state index contributed by atoms with van der Waals surface area (Å²) in [7, 11) is 0. The first-order valence-corrected chi connectivity index (χ1v) is 9.84. The van der Waals surface area contributed by atoms with Crippen molar-refractivity contribution < 1.29 is 33.4 Å². The quantitative estimate of drug-likeness (QED) is 0.417. The summed E-state index contributed by atoms with van der Waals surface area (Å²) in [4.78, 5) is 45.2. The Balaban J connectivity index is 2.92. The van der Waals surface area contributed by atoms with Gasteiger partial charge in [-0.25, -0.2) is 4.68 Å². The second kappa shape index (κ2) is 12.6. The van der Waals surface area contributed by atoms with Crippen LogP contribution in [-0.2, 0) is 46.5 Å². The summed E-state index contributed by atoms with van der Waals surface area (Å²) in [6.45, 7) is 9.03. The number of carbonyl (C=O) groups is 4. The number of ether oxygens (including phenoxy) is 3. The Morgan fingerprint density at radius 1 is 1.03 bits per heavy atom. The van der Waals surface area contributed by atoms with E-state index in [1.54, 1.807) is 20.0 Å². The van der Waals surface area contributed by atoms with Crippen LogP contribution in [0.4, 0.5) is 0 Å². The molecule has 1 rings (SSSR count). The summed E-state index contributed by atoms with van der Waals surface area (Å²) >= 11 is 0. The van der Waals surface area contributed by atoms with Gasteiger partial charge in [0.05, 0.1) is 31.4 Å². The van der Waals surface area contributed by atoms with Gasteiger partial charge in [0.1, 0.15) is 24.5 Å². The van der Waals surface area contributed by atoms with E-state index in [0.717, 1.165) is 0 Å². The zero-order valence-electron chi connectivity index (χ0n) is 18.7. The normalized spacial score (nSPS) is 14.6. The number of aromatic nitrogens is 3. The van der Waals surface area contributed by atoms with Crippen molar-refractivity contribution in [3.8, 4) is 0 Å². The lowest BCUT2D eigenvalue weighted by atomic mass is 10.1. The maximum Gasteiger partial charge on any atom is 0.302 e. The summed E-state index contributed by atoms with van der Waals surface area (Å²) in [5.74, 6) is -1.46. The third-order valence-corrected chi connectivity index (χ3v) is 4.16. The molecule has 0 aliphatic heterocycles. The summed E-state index contributed by atoms with van der Waals surface area (Å²) in [5.41, 5.74) is 0.549. The lowest BCUT2D eigenvalue weighted by Gasteiger charge is -2.31. The monoisotopic (exact) mass is 441 g/mol. The summed E-state index contributed by atoms with van der Waals surface area (Å²) in [6, 6.07) is -0.612. The van der Waals surface area contributed by atoms with Crippen molar-refractivity contribution in [3.63, 3.8) is 0 Å². The third kappa shape index (κ3) is 10.5. The van der Waals surface area contributed by atoms with Gasteiger partial charge in [0, 0.05) is 27.7 Å². The highest BCUT2D eigenvalue weighted by atomic mass is 16.6. The Morgan fingerprint density at radius 3 is 2.26 bits per heavy atom. The predicted octanol–water partition coefficient (Wildman–Crippen LogP) is -0.293. The van der Waals surface area contributed by atoms with Crippen molar-refractivity contribution in [2.45, 2.75) is 79.0 Å². The van der Waals surface area contributed by atoms with Gasteiger partial charge in [0.2, 0.25) is 11.8 Å². The summed E-state index contributed by atoms with van der Waals surface area (Å²) < 4.78 is 17.9. The van der Waals surface area contributed by atoms with Gasteiger partial charge < -0.3 is 24.8 Å². The molecule has 0 fully saturated rings. The standard InChI is InChI=1S/C19H31N5O7/c1-11(18(21-14(4)26)10-29-15(5)27)31-19(12(2)30-16(6)28)9-24-8-17(22-23-24)7-20-13(3)25/h8,11-12,18-19H,7,9-10H2,1-6H3,(H,20,25)(H,21,26)/t11?,12-,18+,19?/m1/s1. The zero-order valence-corrected chi connectivity index (χ0v) is 18.7. The fourth-order valence-electron chi connectivity index (χ4n) is 2.68. The number of esters is 2. The average molecular weight is 441 g/mol. The van der Waals surface area contributed by atoms with Crippen LogP contribution < -0.4 is 10.6 Å². The van der Waals surface area contributed by atoms with Crippen LogP contribution in [0.1, 0.15) is 47.2 Å². The van der Waals surface area contributed by atoms with Gasteiger partial charge in [-0.2, -0.15) is 0 Å². The van der Waals surface area contributed by atoms with E-state index in [1.165, 1.54) is 32.4 Å². The third-order valence-electron chi connectivity index (χ3n) is 4.16. The Kier molecular flexibility index (Phi) is 10.6. The molecule has 0 bridgehead atoms. The van der Waals surface area contributed by atoms with Crippen molar-refractivity contribution in [3.05, 3.63) is 11.9 Å². The second-order valence-corrected chi connectivity index (χ2v) is 7.15. The predicted molar refractivity (Wildman–Crippen MR) is 107 cm³/mol. The molecule has 31 heavy (non-hydrogen) atoms. The molecule has 0 aromatic carbocycles. The first-order valence-electron chi connectivity index (χ1n) is 9.84. The minimum absolute atomic E-state index is 0.0745. The molecule has 1 aromatic rings. The zero-order chi connectivity index (χ0) is 23.6. The maximum absolute atomic E-state index is 11.5. The van der Waals surface area contributed by atoms with E-state index in [1.807, 2.05) is 0 Å². The minimum atomic E-state index is -0.650. The fourth-order valence-corrected chi connectivity index (χ4v) is 2.68. The van der Waals surface area contributed by atoms with Crippen LogP contribution in [0.3, 0.4) is 0 Å². The van der Waals surface area contributed by atoms with Crippen LogP contribution in [0.25, 0.3) is 0 Å². The molecule has 1 aromatic heterocycles. The topological polar surface area (TPSA) is 151 Å². The molecule has 0 aliphatic carbocycles. The number of hydrogen-bond donors (Lipinski definition) is 2. The molecule has 0 radical (unpaired) electrons. The smallest absolute Gasteiger partial charge is 0.302 e. The molecular weight excluding hydrogens is 410 g/mol. The SMILES string of the molecule is CC(=O)NCc1cn(CC(OC(C)[C@H](COC(C)=O)NC(C)=O)[C@@H](C)OC(C)=O)nn1. The number of carbonyl (C=O) groups excluding carboxylic acids is 4. The molecule has 0 spiro atoms. The van der Waals surface area contributed by atoms with Gasteiger partial charge in [0.15, 0.2) is 0 Å². The van der Waals surface area contributed by atoms with Crippen LogP contribution in [-0.4, -0.2) is 69.7 Å². The molecule has 2 amide bonds. The first kappa shape index (κ1) is 26.0. The molecule has 0 saturated heterocycles. The molecule has 174 valence electrons. The number of nitrogens with zero attached hydrogens (tertiary/aromatic N) is 3. The van der Waals surface area contributed by atoms with Crippen LogP contribution in [0, 0.1) is 0 Å². The molecular formula is C19H31N5O7. The molecule has 2 N–H and O–H groups in total. The number of nitrogens with one attached hydrogen (secondary N) is 2. The van der Waals surface area contributed by atoms with Crippen LogP contribution in [0.5, 0.6) is 0 Å². The molecule has 0 aliphatic rings. The second-order valence-electron chi connectivity index (χ2n) is 7.15. The van der Waals surface area contributed by atoms with Gasteiger partial charge in [-0.1, -0.05) is 5.21 Å². The highest BCUT2D eigenvalue weighted by Crippen LogP contribution is 2.13. The average Bonchev–Trinajstić information content (AvgIpc) is 3.09. The first-order chi connectivity index (χ1) is 14.5. The molecule has 0 saturated carbocycles. The van der Waals surface area contributed by atoms with E-state index in [9.17, 15) is 19.2 Å². The maximum atomic E-state index is 11.5. The van der Waals surface area contributed by atoms with Gasteiger partial charge in [-0.05, 0) is 13.8 Å². The van der Waals surface area contributed by atoms with Crippen LogP contribution in [0.2, 0.25) is 0 Å². The Hall–Kier alpha value is -3.02. The van der Waals surface area contributed by atoms with E-state index in [2.05, 4.69) is 20.9 Å². The Bertz CT molecular complexity index is 767.